The molecule has 0 aliphatic rings. The fourth-order valence-electron chi connectivity index (χ4n) is 1.44. The number of nitrogens with one attached hydrogen (secondary N) is 1. The number of aromatic hydroxyl groups is 2. The molecule has 0 atom stereocenters. The molecule has 8 nitrogen and oxygen atoms in total. The molecular weight excluding hydrogens is 264 g/mol. The number of nitrogens with zero attached hydrogens (tertiary/aromatic N) is 3. The summed E-state index contributed by atoms with van der Waals surface area (Å²) < 4.78 is 4.99. The van der Waals surface area contributed by atoms with Gasteiger partial charge in [-0.05, 0) is 29.6 Å². The monoisotopic (exact) mass is 280 g/mol. The van der Waals surface area contributed by atoms with Crippen molar-refractivity contribution in [2.45, 2.75) is 6.42 Å². The van der Waals surface area contributed by atoms with Gasteiger partial charge in [-0.15, -0.1) is 0 Å². The highest BCUT2D eigenvalue weighted by atomic mass is 16.5. The van der Waals surface area contributed by atoms with Crippen LogP contribution >= 0.6 is 0 Å². The Morgan fingerprint density at radius 1 is 1.40 bits per heavy atom. The van der Waals surface area contributed by atoms with Gasteiger partial charge in [0.15, 0.2) is 11.5 Å². The number of ether oxygens (including phenoxy) is 1. The first-order valence-electron chi connectivity index (χ1n) is 5.99. The molecule has 20 heavy (non-hydrogen) atoms. The first-order valence-corrected chi connectivity index (χ1v) is 5.99. The van der Waals surface area contributed by atoms with E-state index in [9.17, 15) is 9.90 Å². The lowest BCUT2D eigenvalue weighted by Gasteiger charge is -2.06. The molecule has 0 saturated heterocycles. The van der Waals surface area contributed by atoms with Crippen molar-refractivity contribution in [3.63, 3.8) is 0 Å². The maximum absolute atomic E-state index is 11.4. The van der Waals surface area contributed by atoms with Gasteiger partial charge in [-0.1, -0.05) is 11.2 Å². The van der Waals surface area contributed by atoms with Gasteiger partial charge in [-0.2, -0.15) is 0 Å². The number of carbonyl (C=O) groups excluding carboxylic acids is 1. The summed E-state index contributed by atoms with van der Waals surface area (Å²) in [4.78, 5) is 13.9. The number of hydrogen-bond acceptors (Lipinski definition) is 5. The highest BCUT2D eigenvalue weighted by Crippen LogP contribution is 2.24. The van der Waals surface area contributed by atoms with Crippen molar-refractivity contribution >= 4 is 5.91 Å². The molecule has 1 rings (SSSR count). The van der Waals surface area contributed by atoms with Crippen molar-refractivity contribution in [3.8, 4) is 11.5 Å². The fraction of sp³-hybridized carbons (Fsp3) is 0.417. The van der Waals surface area contributed by atoms with Crippen LogP contribution in [0.25, 0.3) is 10.4 Å². The Kier molecular flexibility index (Phi) is 6.74. The van der Waals surface area contributed by atoms with E-state index >= 15 is 0 Å². The average Bonchev–Trinajstić information content (AvgIpc) is 2.42. The summed E-state index contributed by atoms with van der Waals surface area (Å²) in [6.07, 6.45) is 0.526. The third kappa shape index (κ3) is 5.94. The molecule has 0 aromatic heterocycles. The van der Waals surface area contributed by atoms with Crippen LogP contribution in [0.1, 0.15) is 5.56 Å². The van der Waals surface area contributed by atoms with E-state index in [4.69, 9.17) is 15.4 Å². The van der Waals surface area contributed by atoms with Gasteiger partial charge in [-0.3, -0.25) is 4.79 Å². The highest BCUT2D eigenvalue weighted by molar-refractivity contribution is 5.77. The number of phenolic OH excluding ortho intramolecular Hbond substituents is 2. The predicted molar refractivity (Wildman–Crippen MR) is 71.3 cm³/mol. The van der Waals surface area contributed by atoms with Crippen LogP contribution in [0.15, 0.2) is 23.3 Å². The van der Waals surface area contributed by atoms with E-state index in [1.165, 1.54) is 12.1 Å². The number of azide groups is 1. The van der Waals surface area contributed by atoms with E-state index in [2.05, 4.69) is 15.3 Å². The zero-order valence-corrected chi connectivity index (χ0v) is 10.8. The molecule has 0 aliphatic carbocycles. The van der Waals surface area contributed by atoms with E-state index in [0.29, 0.717) is 13.0 Å². The second kappa shape index (κ2) is 8.63. The minimum atomic E-state index is -0.270. The SMILES string of the molecule is [N-]=[N+]=NCCOCC(=O)NCCc1ccc(O)c(O)c1. The third-order valence-electron chi connectivity index (χ3n) is 2.41. The molecule has 3 N–H and O–H groups in total. The molecule has 108 valence electrons. The maximum atomic E-state index is 11.4. The average molecular weight is 280 g/mol. The van der Waals surface area contributed by atoms with E-state index in [1.54, 1.807) is 6.07 Å². The van der Waals surface area contributed by atoms with Gasteiger partial charge in [0.2, 0.25) is 5.91 Å². The Labute approximate surface area is 115 Å². The van der Waals surface area contributed by atoms with Crippen LogP contribution in [0.3, 0.4) is 0 Å². The van der Waals surface area contributed by atoms with Gasteiger partial charge in [0, 0.05) is 18.0 Å². The van der Waals surface area contributed by atoms with Gasteiger partial charge in [0.1, 0.15) is 6.61 Å². The summed E-state index contributed by atoms with van der Waals surface area (Å²) in [5.41, 5.74) is 8.82. The van der Waals surface area contributed by atoms with Gasteiger partial charge >= 0.3 is 0 Å². The van der Waals surface area contributed by atoms with E-state index in [0.717, 1.165) is 5.56 Å². The summed E-state index contributed by atoms with van der Waals surface area (Å²) in [5.74, 6) is -0.629. The van der Waals surface area contributed by atoms with E-state index < -0.39 is 0 Å². The van der Waals surface area contributed by atoms with Crippen LogP contribution in [-0.4, -0.2) is 42.4 Å². The highest BCUT2D eigenvalue weighted by Gasteiger charge is 2.03. The van der Waals surface area contributed by atoms with Crippen LogP contribution in [0.4, 0.5) is 0 Å². The van der Waals surface area contributed by atoms with Crippen LogP contribution in [0.2, 0.25) is 0 Å². The standard InChI is InChI=1S/C12H16N4O4/c13-16-15-5-6-20-8-12(19)14-4-3-9-1-2-10(17)11(18)7-9/h1-2,7,17-18H,3-6,8H2,(H,14,19). The molecule has 1 aromatic carbocycles. The largest absolute Gasteiger partial charge is 0.504 e. The molecule has 0 spiro atoms. The zero-order valence-electron chi connectivity index (χ0n) is 10.8. The summed E-state index contributed by atoms with van der Waals surface area (Å²) in [6.45, 7) is 0.685. The second-order valence-electron chi connectivity index (χ2n) is 3.93. The first kappa shape index (κ1) is 15.6. The smallest absolute Gasteiger partial charge is 0.246 e. The molecule has 0 fully saturated rings. The fourth-order valence-corrected chi connectivity index (χ4v) is 1.44. The molecule has 0 aliphatic heterocycles. The Hall–Kier alpha value is -2.44. The first-order chi connectivity index (χ1) is 9.63. The number of rotatable bonds is 8. The third-order valence-corrected chi connectivity index (χ3v) is 2.41. The number of phenols is 2. The predicted octanol–water partition coefficient (Wildman–Crippen LogP) is 1.08. The van der Waals surface area contributed by atoms with Gasteiger partial charge in [0.25, 0.3) is 0 Å². The zero-order chi connectivity index (χ0) is 14.8. The van der Waals surface area contributed by atoms with Crippen LogP contribution in [0.5, 0.6) is 11.5 Å². The number of benzene rings is 1. The van der Waals surface area contributed by atoms with E-state index in [1.807, 2.05) is 0 Å². The van der Waals surface area contributed by atoms with Crippen molar-refractivity contribution in [3.05, 3.63) is 34.2 Å². The maximum Gasteiger partial charge on any atom is 0.246 e. The molecule has 0 bridgehead atoms. The molecular formula is C12H16N4O4. The van der Waals surface area contributed by atoms with Crippen molar-refractivity contribution in [2.24, 2.45) is 5.11 Å². The molecule has 8 heteroatoms. The van der Waals surface area contributed by atoms with Crippen LogP contribution < -0.4 is 5.32 Å². The molecule has 0 unspecified atom stereocenters. The molecule has 0 heterocycles. The normalized spacial score (nSPS) is 9.80. The minimum Gasteiger partial charge on any atom is -0.504 e. The van der Waals surface area contributed by atoms with Crippen molar-refractivity contribution in [2.75, 3.05) is 26.3 Å². The Balaban J connectivity index is 2.18. The van der Waals surface area contributed by atoms with E-state index in [-0.39, 0.29) is 37.2 Å². The lowest BCUT2D eigenvalue weighted by molar-refractivity contribution is -0.125. The molecule has 0 radical (unpaired) electrons. The van der Waals surface area contributed by atoms with Crippen molar-refractivity contribution < 1.29 is 19.7 Å². The Morgan fingerprint density at radius 2 is 2.20 bits per heavy atom. The van der Waals surface area contributed by atoms with Crippen LogP contribution in [-0.2, 0) is 16.0 Å². The van der Waals surface area contributed by atoms with Crippen LogP contribution in [0, 0.1) is 0 Å². The summed E-state index contributed by atoms with van der Waals surface area (Å²) in [7, 11) is 0. The number of hydrogen-bond donors (Lipinski definition) is 3. The molecule has 0 saturated carbocycles. The summed E-state index contributed by atoms with van der Waals surface area (Å²) in [6, 6.07) is 4.50. The van der Waals surface area contributed by atoms with Crippen molar-refractivity contribution in [1.29, 1.82) is 0 Å². The number of amides is 1. The molecule has 1 aromatic rings. The molecule has 1 amide bonds. The summed E-state index contributed by atoms with van der Waals surface area (Å²) >= 11 is 0. The topological polar surface area (TPSA) is 128 Å². The minimum absolute atomic E-state index is 0.0955. The number of carbonyl (C=O) groups is 1. The van der Waals surface area contributed by atoms with Crippen molar-refractivity contribution in [1.82, 2.24) is 5.32 Å². The lowest BCUT2D eigenvalue weighted by atomic mass is 10.1. The Morgan fingerprint density at radius 3 is 2.90 bits per heavy atom. The van der Waals surface area contributed by atoms with Gasteiger partial charge in [-0.25, -0.2) is 0 Å². The lowest BCUT2D eigenvalue weighted by Crippen LogP contribution is -2.29. The Bertz CT molecular complexity index is 500. The summed E-state index contributed by atoms with van der Waals surface area (Å²) in [5, 5.41) is 24.4. The quantitative estimate of drug-likeness (QED) is 0.216. The van der Waals surface area contributed by atoms with Gasteiger partial charge in [0.05, 0.1) is 6.61 Å². The van der Waals surface area contributed by atoms with Gasteiger partial charge < -0.3 is 20.3 Å². The second-order valence-corrected chi connectivity index (χ2v) is 3.93.